The highest BCUT2D eigenvalue weighted by Gasteiger charge is 2.19. The largest absolute Gasteiger partial charge is 0.481 e. The molecule has 4 nitrogen and oxygen atoms in total. The summed E-state index contributed by atoms with van der Waals surface area (Å²) in [6.45, 7) is 2.27. The fourth-order valence-corrected chi connectivity index (χ4v) is 2.23. The van der Waals surface area contributed by atoms with Crippen molar-refractivity contribution in [1.29, 1.82) is 0 Å². The summed E-state index contributed by atoms with van der Waals surface area (Å²) in [7, 11) is 0. The predicted molar refractivity (Wildman–Crippen MR) is 69.9 cm³/mol. The molecule has 0 radical (unpaired) electrons. The van der Waals surface area contributed by atoms with Crippen LogP contribution in [0.1, 0.15) is 19.3 Å². The summed E-state index contributed by atoms with van der Waals surface area (Å²) < 4.78 is 5.57. The van der Waals surface area contributed by atoms with Crippen LogP contribution in [0, 0.1) is 0 Å². The first kappa shape index (κ1) is 12.9. The molecule has 1 aromatic rings. The van der Waals surface area contributed by atoms with Gasteiger partial charge >= 0.3 is 5.97 Å². The molecule has 0 amide bonds. The number of piperidine rings is 1. The average molecular weight is 249 g/mol. The molecule has 2 rings (SSSR count). The predicted octanol–water partition coefficient (Wildman–Crippen LogP) is 2.15. The number of rotatable bonds is 5. The third-order valence-corrected chi connectivity index (χ3v) is 3.23. The Balaban J connectivity index is 1.73. The van der Waals surface area contributed by atoms with Crippen molar-refractivity contribution in [3.05, 3.63) is 30.3 Å². The second-order valence-corrected chi connectivity index (χ2v) is 4.54. The lowest BCUT2D eigenvalue weighted by molar-refractivity contribution is -0.138. The first-order chi connectivity index (χ1) is 8.75. The first-order valence-electron chi connectivity index (χ1n) is 6.39. The number of anilines is 1. The molecule has 1 aliphatic heterocycles. The van der Waals surface area contributed by atoms with Crippen LogP contribution in [0.3, 0.4) is 0 Å². The standard InChI is InChI=1S/C14H19NO3/c16-14(17)8-11-18-13-6-9-15(10-7-13)12-4-2-1-3-5-12/h1-5,13H,6-11H2,(H,16,17). The van der Waals surface area contributed by atoms with E-state index in [0.29, 0.717) is 6.61 Å². The van der Waals surface area contributed by atoms with Crippen LogP contribution in [0.25, 0.3) is 0 Å². The van der Waals surface area contributed by atoms with Gasteiger partial charge in [-0.05, 0) is 25.0 Å². The normalized spacial score (nSPS) is 16.8. The number of nitrogens with zero attached hydrogens (tertiary/aromatic N) is 1. The molecule has 1 heterocycles. The number of para-hydroxylation sites is 1. The number of carboxylic acids is 1. The Morgan fingerprint density at radius 3 is 2.56 bits per heavy atom. The molecule has 0 aliphatic carbocycles. The summed E-state index contributed by atoms with van der Waals surface area (Å²) in [5.74, 6) is -0.795. The Labute approximate surface area is 107 Å². The SMILES string of the molecule is O=C(O)CCOC1CCN(c2ccccc2)CC1. The van der Waals surface area contributed by atoms with Gasteiger partial charge in [0.25, 0.3) is 0 Å². The van der Waals surface area contributed by atoms with Gasteiger partial charge in [0.15, 0.2) is 0 Å². The van der Waals surface area contributed by atoms with Gasteiger partial charge in [0.1, 0.15) is 0 Å². The average Bonchev–Trinajstić information content (AvgIpc) is 2.40. The van der Waals surface area contributed by atoms with Crippen LogP contribution in [-0.4, -0.2) is 36.9 Å². The number of carbonyl (C=O) groups is 1. The monoisotopic (exact) mass is 249 g/mol. The molecule has 1 aliphatic rings. The van der Waals surface area contributed by atoms with Crippen LogP contribution < -0.4 is 4.90 Å². The van der Waals surface area contributed by atoms with Gasteiger partial charge in [-0.3, -0.25) is 4.79 Å². The smallest absolute Gasteiger partial charge is 0.305 e. The Hall–Kier alpha value is -1.55. The third kappa shape index (κ3) is 3.74. The van der Waals surface area contributed by atoms with Crippen molar-refractivity contribution in [2.24, 2.45) is 0 Å². The van der Waals surface area contributed by atoms with Crippen molar-refractivity contribution in [1.82, 2.24) is 0 Å². The van der Waals surface area contributed by atoms with E-state index in [-0.39, 0.29) is 12.5 Å². The van der Waals surface area contributed by atoms with Crippen molar-refractivity contribution < 1.29 is 14.6 Å². The summed E-state index contributed by atoms with van der Waals surface area (Å²) in [6.07, 6.45) is 2.24. The van der Waals surface area contributed by atoms with Gasteiger partial charge in [-0.2, -0.15) is 0 Å². The van der Waals surface area contributed by atoms with Gasteiger partial charge in [0.05, 0.1) is 19.1 Å². The molecule has 98 valence electrons. The highest BCUT2D eigenvalue weighted by molar-refractivity contribution is 5.66. The zero-order valence-corrected chi connectivity index (χ0v) is 10.4. The summed E-state index contributed by atoms with van der Waals surface area (Å²) in [5, 5.41) is 8.55. The highest BCUT2D eigenvalue weighted by atomic mass is 16.5. The molecule has 1 saturated heterocycles. The van der Waals surface area contributed by atoms with E-state index in [1.807, 2.05) is 18.2 Å². The lowest BCUT2D eigenvalue weighted by atomic mass is 10.1. The molecule has 0 unspecified atom stereocenters. The molecule has 1 fully saturated rings. The second kappa shape index (κ2) is 6.40. The maximum Gasteiger partial charge on any atom is 0.305 e. The van der Waals surface area contributed by atoms with Crippen molar-refractivity contribution in [2.45, 2.75) is 25.4 Å². The van der Waals surface area contributed by atoms with Gasteiger partial charge in [0.2, 0.25) is 0 Å². The topological polar surface area (TPSA) is 49.8 Å². The summed E-state index contributed by atoms with van der Waals surface area (Å²) in [6, 6.07) is 10.3. The molecular formula is C14H19NO3. The Morgan fingerprint density at radius 1 is 1.28 bits per heavy atom. The summed E-state index contributed by atoms with van der Waals surface area (Å²) in [5.41, 5.74) is 1.25. The maximum absolute atomic E-state index is 10.4. The highest BCUT2D eigenvalue weighted by Crippen LogP contribution is 2.20. The first-order valence-corrected chi connectivity index (χ1v) is 6.39. The summed E-state index contributed by atoms with van der Waals surface area (Å²) in [4.78, 5) is 12.7. The van der Waals surface area contributed by atoms with Crippen LogP contribution in [0.15, 0.2) is 30.3 Å². The Morgan fingerprint density at radius 2 is 1.94 bits per heavy atom. The Kier molecular flexibility index (Phi) is 4.59. The van der Waals surface area contributed by atoms with Crippen molar-refractivity contribution >= 4 is 11.7 Å². The summed E-state index contributed by atoms with van der Waals surface area (Å²) >= 11 is 0. The molecule has 1 N–H and O–H groups in total. The molecule has 0 bridgehead atoms. The van der Waals surface area contributed by atoms with E-state index in [2.05, 4.69) is 17.0 Å². The number of ether oxygens (including phenoxy) is 1. The Bertz CT molecular complexity index is 372. The zero-order chi connectivity index (χ0) is 12.8. The van der Waals surface area contributed by atoms with Crippen LogP contribution in [-0.2, 0) is 9.53 Å². The minimum atomic E-state index is -0.795. The molecule has 4 heteroatoms. The van der Waals surface area contributed by atoms with Crippen molar-refractivity contribution in [3.63, 3.8) is 0 Å². The van der Waals surface area contributed by atoms with Gasteiger partial charge < -0.3 is 14.7 Å². The quantitative estimate of drug-likeness (QED) is 0.868. The zero-order valence-electron chi connectivity index (χ0n) is 10.4. The van der Waals surface area contributed by atoms with Crippen molar-refractivity contribution in [2.75, 3.05) is 24.6 Å². The van der Waals surface area contributed by atoms with Crippen LogP contribution in [0.2, 0.25) is 0 Å². The van der Waals surface area contributed by atoms with Gasteiger partial charge in [-0.1, -0.05) is 18.2 Å². The number of benzene rings is 1. The van der Waals surface area contributed by atoms with E-state index >= 15 is 0 Å². The molecule has 18 heavy (non-hydrogen) atoms. The van der Waals surface area contributed by atoms with Crippen LogP contribution in [0.5, 0.6) is 0 Å². The van der Waals surface area contributed by atoms with Gasteiger partial charge in [-0.25, -0.2) is 0 Å². The minimum absolute atomic E-state index is 0.0961. The molecule has 0 saturated carbocycles. The van der Waals surface area contributed by atoms with E-state index in [1.165, 1.54) is 5.69 Å². The number of carboxylic acid groups (broad SMARTS) is 1. The van der Waals surface area contributed by atoms with E-state index in [1.54, 1.807) is 0 Å². The second-order valence-electron chi connectivity index (χ2n) is 4.54. The number of hydrogen-bond acceptors (Lipinski definition) is 3. The number of hydrogen-bond donors (Lipinski definition) is 1. The van der Waals surface area contributed by atoms with Gasteiger partial charge in [-0.15, -0.1) is 0 Å². The minimum Gasteiger partial charge on any atom is -0.481 e. The van der Waals surface area contributed by atoms with Crippen molar-refractivity contribution in [3.8, 4) is 0 Å². The lowest BCUT2D eigenvalue weighted by Gasteiger charge is -2.33. The van der Waals surface area contributed by atoms with E-state index in [9.17, 15) is 4.79 Å². The molecule has 1 aromatic carbocycles. The molecule has 0 spiro atoms. The van der Waals surface area contributed by atoms with Crippen LogP contribution >= 0.6 is 0 Å². The number of aliphatic carboxylic acids is 1. The maximum atomic E-state index is 10.4. The van der Waals surface area contributed by atoms with Crippen LogP contribution in [0.4, 0.5) is 5.69 Å². The molecular weight excluding hydrogens is 230 g/mol. The fourth-order valence-electron chi connectivity index (χ4n) is 2.23. The van der Waals surface area contributed by atoms with E-state index in [4.69, 9.17) is 9.84 Å². The van der Waals surface area contributed by atoms with Gasteiger partial charge in [0, 0.05) is 18.8 Å². The van der Waals surface area contributed by atoms with E-state index in [0.717, 1.165) is 25.9 Å². The molecule has 0 atom stereocenters. The fraction of sp³-hybridized carbons (Fsp3) is 0.500. The third-order valence-electron chi connectivity index (χ3n) is 3.23. The molecule has 0 aromatic heterocycles. The lowest BCUT2D eigenvalue weighted by Crippen LogP contribution is -2.37. The van der Waals surface area contributed by atoms with E-state index < -0.39 is 5.97 Å².